The minimum absolute atomic E-state index is 0.0787. The van der Waals surface area contributed by atoms with Crippen LogP contribution in [0.2, 0.25) is 0 Å². The standard InChI is InChI=1S/C16H16FNO/c1-12(13-5-3-2-4-6-13)16(17)11-19-15-9-7-14(18)8-10-15/h2-10H,11,18H2,1H3. The third-order valence-electron chi connectivity index (χ3n) is 2.86. The van der Waals surface area contributed by atoms with Crippen molar-refractivity contribution in [3.8, 4) is 5.75 Å². The first-order valence-corrected chi connectivity index (χ1v) is 6.06. The van der Waals surface area contributed by atoms with Crippen molar-refractivity contribution in [2.45, 2.75) is 6.92 Å². The smallest absolute Gasteiger partial charge is 0.141 e. The Bertz CT molecular complexity index is 561. The Morgan fingerprint density at radius 3 is 2.32 bits per heavy atom. The molecule has 0 heterocycles. The molecule has 0 saturated carbocycles. The predicted octanol–water partition coefficient (Wildman–Crippen LogP) is 4.05. The number of rotatable bonds is 4. The van der Waals surface area contributed by atoms with Gasteiger partial charge in [-0.05, 0) is 42.3 Å². The largest absolute Gasteiger partial charge is 0.486 e. The van der Waals surface area contributed by atoms with Crippen LogP contribution in [-0.4, -0.2) is 6.61 Å². The molecule has 19 heavy (non-hydrogen) atoms. The number of benzene rings is 2. The summed E-state index contributed by atoms with van der Waals surface area (Å²) in [6.07, 6.45) is 0. The maximum atomic E-state index is 14.0. The molecule has 0 atom stereocenters. The second-order valence-corrected chi connectivity index (χ2v) is 4.25. The zero-order chi connectivity index (χ0) is 13.7. The Morgan fingerprint density at radius 1 is 1.05 bits per heavy atom. The quantitative estimate of drug-likeness (QED) is 0.839. The fourth-order valence-electron chi connectivity index (χ4n) is 1.66. The lowest BCUT2D eigenvalue weighted by Crippen LogP contribution is -2.00. The molecule has 2 nitrogen and oxygen atoms in total. The summed E-state index contributed by atoms with van der Waals surface area (Å²) in [5.74, 6) is 0.327. The van der Waals surface area contributed by atoms with Crippen molar-refractivity contribution in [1.29, 1.82) is 0 Å². The maximum Gasteiger partial charge on any atom is 0.141 e. The molecule has 0 aliphatic rings. The fraction of sp³-hybridized carbons (Fsp3) is 0.125. The van der Waals surface area contributed by atoms with Crippen LogP contribution in [0, 0.1) is 0 Å². The molecule has 0 aromatic heterocycles. The molecule has 0 aliphatic heterocycles. The highest BCUT2D eigenvalue weighted by Crippen LogP contribution is 2.20. The van der Waals surface area contributed by atoms with Crippen molar-refractivity contribution in [2.24, 2.45) is 0 Å². The molecule has 0 bridgehead atoms. The topological polar surface area (TPSA) is 35.2 Å². The Balaban J connectivity index is 2.04. The van der Waals surface area contributed by atoms with Gasteiger partial charge in [-0.3, -0.25) is 0 Å². The van der Waals surface area contributed by atoms with Crippen LogP contribution in [0.4, 0.5) is 10.1 Å². The van der Waals surface area contributed by atoms with Gasteiger partial charge >= 0.3 is 0 Å². The molecule has 0 fully saturated rings. The first kappa shape index (κ1) is 13.1. The average Bonchev–Trinajstić information content (AvgIpc) is 2.46. The van der Waals surface area contributed by atoms with Gasteiger partial charge < -0.3 is 10.5 Å². The van der Waals surface area contributed by atoms with Gasteiger partial charge in [0.05, 0.1) is 0 Å². The SMILES string of the molecule is CC(=C(F)COc1ccc(N)cc1)c1ccccc1. The van der Waals surface area contributed by atoms with Gasteiger partial charge in [0.25, 0.3) is 0 Å². The molecule has 0 amide bonds. The first-order chi connectivity index (χ1) is 9.16. The van der Waals surface area contributed by atoms with Crippen molar-refractivity contribution in [1.82, 2.24) is 0 Å². The van der Waals surface area contributed by atoms with E-state index >= 15 is 0 Å². The number of nitrogen functional groups attached to an aromatic ring is 1. The molecule has 2 N–H and O–H groups in total. The van der Waals surface area contributed by atoms with Gasteiger partial charge in [0.15, 0.2) is 0 Å². The van der Waals surface area contributed by atoms with Crippen LogP contribution in [0.3, 0.4) is 0 Å². The third-order valence-corrected chi connectivity index (χ3v) is 2.86. The van der Waals surface area contributed by atoms with Crippen molar-refractivity contribution in [3.63, 3.8) is 0 Å². The maximum absolute atomic E-state index is 14.0. The number of nitrogens with two attached hydrogens (primary N) is 1. The summed E-state index contributed by atoms with van der Waals surface area (Å²) in [5.41, 5.74) is 7.68. The molecule has 2 rings (SSSR count). The fourth-order valence-corrected chi connectivity index (χ4v) is 1.66. The Morgan fingerprint density at radius 2 is 1.68 bits per heavy atom. The third kappa shape index (κ3) is 3.58. The predicted molar refractivity (Wildman–Crippen MR) is 76.5 cm³/mol. The molecular formula is C16H16FNO. The van der Waals surface area contributed by atoms with Gasteiger partial charge in [0.2, 0.25) is 0 Å². The van der Waals surface area contributed by atoms with Crippen molar-refractivity contribution in [3.05, 3.63) is 66.0 Å². The lowest BCUT2D eigenvalue weighted by atomic mass is 10.1. The summed E-state index contributed by atoms with van der Waals surface area (Å²) in [7, 11) is 0. The number of hydrogen-bond donors (Lipinski definition) is 1. The van der Waals surface area contributed by atoms with Crippen LogP contribution in [0.15, 0.2) is 60.4 Å². The molecule has 0 spiro atoms. The second-order valence-electron chi connectivity index (χ2n) is 4.25. The van der Waals surface area contributed by atoms with Crippen molar-refractivity contribution >= 4 is 11.3 Å². The van der Waals surface area contributed by atoms with E-state index in [2.05, 4.69) is 0 Å². The molecule has 98 valence electrons. The van der Waals surface area contributed by atoms with E-state index in [9.17, 15) is 4.39 Å². The molecule has 0 unspecified atom stereocenters. The van der Waals surface area contributed by atoms with E-state index in [1.165, 1.54) is 0 Å². The van der Waals surface area contributed by atoms with Crippen LogP contribution in [0.1, 0.15) is 12.5 Å². The van der Waals surface area contributed by atoms with E-state index in [4.69, 9.17) is 10.5 Å². The number of halogens is 1. The number of hydrogen-bond acceptors (Lipinski definition) is 2. The monoisotopic (exact) mass is 257 g/mol. The highest BCUT2D eigenvalue weighted by molar-refractivity contribution is 5.65. The normalized spacial score (nSPS) is 11.9. The molecule has 3 heteroatoms. The highest BCUT2D eigenvalue weighted by atomic mass is 19.1. The van der Waals surface area contributed by atoms with Gasteiger partial charge in [-0.25, -0.2) is 4.39 Å². The molecule has 0 aliphatic carbocycles. The molecule has 2 aromatic carbocycles. The summed E-state index contributed by atoms with van der Waals surface area (Å²) in [6, 6.07) is 16.3. The summed E-state index contributed by atoms with van der Waals surface area (Å²) in [6.45, 7) is 1.67. The molecular weight excluding hydrogens is 241 g/mol. The number of ether oxygens (including phenoxy) is 1. The van der Waals surface area contributed by atoms with E-state index in [-0.39, 0.29) is 12.4 Å². The number of allylic oxidation sites excluding steroid dienone is 1. The van der Waals surface area contributed by atoms with Crippen molar-refractivity contribution in [2.75, 3.05) is 12.3 Å². The lowest BCUT2D eigenvalue weighted by Gasteiger charge is -2.08. The number of anilines is 1. The highest BCUT2D eigenvalue weighted by Gasteiger charge is 2.05. The van der Waals surface area contributed by atoms with Crippen LogP contribution in [-0.2, 0) is 0 Å². The zero-order valence-corrected chi connectivity index (χ0v) is 10.8. The van der Waals surface area contributed by atoms with Crippen LogP contribution in [0.5, 0.6) is 5.75 Å². The molecule has 2 aromatic rings. The molecule has 0 saturated heterocycles. The van der Waals surface area contributed by atoms with Crippen molar-refractivity contribution < 1.29 is 9.13 Å². The van der Waals surface area contributed by atoms with Gasteiger partial charge in [-0.1, -0.05) is 30.3 Å². The van der Waals surface area contributed by atoms with E-state index in [0.29, 0.717) is 17.0 Å². The first-order valence-electron chi connectivity index (χ1n) is 6.06. The zero-order valence-electron chi connectivity index (χ0n) is 10.8. The van der Waals surface area contributed by atoms with E-state index in [0.717, 1.165) is 5.56 Å². The summed E-state index contributed by atoms with van der Waals surface area (Å²) >= 11 is 0. The van der Waals surface area contributed by atoms with E-state index < -0.39 is 0 Å². The average molecular weight is 257 g/mol. The van der Waals surface area contributed by atoms with Gasteiger partial charge in [0.1, 0.15) is 18.2 Å². The summed E-state index contributed by atoms with van der Waals surface area (Å²) in [4.78, 5) is 0. The Kier molecular flexibility index (Phi) is 4.18. The molecule has 0 radical (unpaired) electrons. The Hall–Kier alpha value is -2.29. The minimum Gasteiger partial charge on any atom is -0.486 e. The summed E-state index contributed by atoms with van der Waals surface area (Å²) in [5, 5.41) is 0. The lowest BCUT2D eigenvalue weighted by molar-refractivity contribution is 0.320. The van der Waals surface area contributed by atoms with Crippen LogP contribution in [0.25, 0.3) is 5.57 Å². The van der Waals surface area contributed by atoms with E-state index in [1.54, 1.807) is 31.2 Å². The van der Waals surface area contributed by atoms with Gasteiger partial charge in [-0.15, -0.1) is 0 Å². The second kappa shape index (κ2) is 6.05. The van der Waals surface area contributed by atoms with E-state index in [1.807, 2.05) is 30.3 Å². The van der Waals surface area contributed by atoms with Crippen LogP contribution < -0.4 is 10.5 Å². The minimum atomic E-state index is -0.275. The summed E-state index contributed by atoms with van der Waals surface area (Å²) < 4.78 is 19.4. The van der Waals surface area contributed by atoms with Gasteiger partial charge in [-0.2, -0.15) is 0 Å². The Labute approximate surface area is 112 Å². The van der Waals surface area contributed by atoms with Gasteiger partial charge in [0, 0.05) is 5.69 Å². The van der Waals surface area contributed by atoms with Crippen LogP contribution >= 0.6 is 0 Å².